The van der Waals surface area contributed by atoms with Crippen LogP contribution in [-0.2, 0) is 9.59 Å². The van der Waals surface area contributed by atoms with Crippen LogP contribution in [0.3, 0.4) is 0 Å². The lowest BCUT2D eigenvalue weighted by Gasteiger charge is -2.32. The summed E-state index contributed by atoms with van der Waals surface area (Å²) in [7, 11) is 1.19. The first kappa shape index (κ1) is 24.7. The van der Waals surface area contributed by atoms with Crippen LogP contribution in [0, 0.1) is 11.8 Å². The maximum Gasteiger partial charge on any atom is 0.389 e. The smallest absolute Gasteiger partial charge is 0.389 e. The lowest BCUT2D eigenvalue weighted by atomic mass is 9.91. The summed E-state index contributed by atoms with van der Waals surface area (Å²) in [6, 6.07) is -1.22. The number of alkyl halides is 3. The number of nitrogens with zero attached hydrogens (tertiary/aromatic N) is 1. The summed E-state index contributed by atoms with van der Waals surface area (Å²) < 4.78 is 38.7. The fraction of sp³-hybridized carbons (Fsp3) is 0.889. The van der Waals surface area contributed by atoms with Gasteiger partial charge in [-0.05, 0) is 18.8 Å². The average Bonchev–Trinajstić information content (AvgIpc) is 2.51. The minimum absolute atomic E-state index is 0.0496. The number of carbonyl (C=O) groups excluding carboxylic acids is 1. The Hall–Kier alpha value is -1.31. The number of aliphatic hydroxyl groups excluding tert-OH is 1. The molecule has 0 radical (unpaired) electrons. The number of carboxylic acid groups (broad SMARTS) is 1. The summed E-state index contributed by atoms with van der Waals surface area (Å²) in [5, 5.41) is 19.5. The van der Waals surface area contributed by atoms with Crippen molar-refractivity contribution in [3.8, 4) is 0 Å². The first-order valence-electron chi connectivity index (χ1n) is 9.15. The Morgan fingerprint density at radius 1 is 1.12 bits per heavy atom. The molecule has 154 valence electrons. The van der Waals surface area contributed by atoms with Gasteiger partial charge < -0.3 is 15.1 Å². The van der Waals surface area contributed by atoms with Crippen molar-refractivity contribution >= 4 is 11.9 Å². The van der Waals surface area contributed by atoms with Gasteiger partial charge in [-0.2, -0.15) is 13.2 Å². The summed E-state index contributed by atoms with van der Waals surface area (Å²) >= 11 is 0. The molecule has 0 rings (SSSR count). The molecule has 5 nitrogen and oxygen atoms in total. The number of amides is 1. The molecule has 0 aliphatic rings. The van der Waals surface area contributed by atoms with Gasteiger partial charge in [-0.25, -0.2) is 4.79 Å². The quantitative estimate of drug-likeness (QED) is 0.502. The molecule has 1 amide bonds. The first-order valence-corrected chi connectivity index (χ1v) is 9.15. The van der Waals surface area contributed by atoms with E-state index < -0.39 is 42.5 Å². The van der Waals surface area contributed by atoms with Gasteiger partial charge >= 0.3 is 12.1 Å². The highest BCUT2D eigenvalue weighted by molar-refractivity contribution is 5.85. The molecular formula is C18H32F3NO4. The molecule has 0 bridgehead atoms. The van der Waals surface area contributed by atoms with Gasteiger partial charge in [-0.3, -0.25) is 4.79 Å². The third-order valence-electron chi connectivity index (χ3n) is 4.38. The molecule has 0 fully saturated rings. The highest BCUT2D eigenvalue weighted by Crippen LogP contribution is 2.30. The molecule has 8 heteroatoms. The number of carboxylic acids is 1. The Bertz CT molecular complexity index is 441. The van der Waals surface area contributed by atoms with Crippen LogP contribution in [0.2, 0.25) is 0 Å². The molecule has 0 aliphatic carbocycles. The van der Waals surface area contributed by atoms with E-state index in [9.17, 15) is 33.0 Å². The van der Waals surface area contributed by atoms with Crippen LogP contribution in [-0.4, -0.2) is 52.4 Å². The number of halogens is 3. The predicted molar refractivity (Wildman–Crippen MR) is 92.6 cm³/mol. The number of hydrogen-bond acceptors (Lipinski definition) is 3. The van der Waals surface area contributed by atoms with Crippen LogP contribution in [0.4, 0.5) is 13.2 Å². The second-order valence-electron chi connectivity index (χ2n) is 7.28. The van der Waals surface area contributed by atoms with Crippen molar-refractivity contribution in [2.45, 2.75) is 84.0 Å². The van der Waals surface area contributed by atoms with Crippen molar-refractivity contribution < 1.29 is 33.0 Å². The van der Waals surface area contributed by atoms with Crippen LogP contribution in [0.15, 0.2) is 0 Å². The van der Waals surface area contributed by atoms with E-state index in [1.165, 1.54) is 7.05 Å². The molecule has 26 heavy (non-hydrogen) atoms. The summed E-state index contributed by atoms with van der Waals surface area (Å²) in [5.74, 6) is -3.97. The Labute approximate surface area is 153 Å². The van der Waals surface area contributed by atoms with E-state index in [-0.39, 0.29) is 18.8 Å². The molecule has 3 atom stereocenters. The van der Waals surface area contributed by atoms with E-state index in [0.29, 0.717) is 6.42 Å². The first-order chi connectivity index (χ1) is 11.9. The van der Waals surface area contributed by atoms with Crippen molar-refractivity contribution in [1.29, 1.82) is 0 Å². The van der Waals surface area contributed by atoms with Gasteiger partial charge in [0.2, 0.25) is 5.91 Å². The summed E-state index contributed by atoms with van der Waals surface area (Å²) in [6.45, 7) is 5.52. The lowest BCUT2D eigenvalue weighted by Crippen LogP contribution is -2.49. The second-order valence-corrected chi connectivity index (χ2v) is 7.28. The largest absolute Gasteiger partial charge is 0.480 e. The zero-order valence-electron chi connectivity index (χ0n) is 16.1. The van der Waals surface area contributed by atoms with Gasteiger partial charge in [-0.15, -0.1) is 0 Å². The highest BCUT2D eigenvalue weighted by atomic mass is 19.4. The fourth-order valence-electron chi connectivity index (χ4n) is 2.90. The molecule has 3 unspecified atom stereocenters. The van der Waals surface area contributed by atoms with E-state index >= 15 is 0 Å². The van der Waals surface area contributed by atoms with Gasteiger partial charge in [0.05, 0.1) is 18.4 Å². The van der Waals surface area contributed by atoms with Crippen LogP contribution < -0.4 is 0 Å². The van der Waals surface area contributed by atoms with E-state index in [0.717, 1.165) is 24.2 Å². The normalized spacial score (nSPS) is 15.6. The molecule has 0 aromatic carbocycles. The molecule has 0 aliphatic heterocycles. The summed E-state index contributed by atoms with van der Waals surface area (Å²) in [5.41, 5.74) is 0. The van der Waals surface area contributed by atoms with Gasteiger partial charge in [0.25, 0.3) is 0 Å². The van der Waals surface area contributed by atoms with Crippen LogP contribution >= 0.6 is 0 Å². The van der Waals surface area contributed by atoms with E-state index in [4.69, 9.17) is 0 Å². The Morgan fingerprint density at radius 2 is 1.69 bits per heavy atom. The SMILES string of the molecule is CCCCCCC(O)C(CC(F)(F)F)C(=O)N(C)C(CC(C)C)C(=O)O. The highest BCUT2D eigenvalue weighted by Gasteiger charge is 2.42. The summed E-state index contributed by atoms with van der Waals surface area (Å²) in [4.78, 5) is 24.8. The molecule has 0 aromatic rings. The van der Waals surface area contributed by atoms with Gasteiger partial charge in [0, 0.05) is 7.05 Å². The second kappa shape index (κ2) is 11.4. The molecule has 0 saturated heterocycles. The monoisotopic (exact) mass is 383 g/mol. The third kappa shape index (κ3) is 9.40. The fourth-order valence-corrected chi connectivity index (χ4v) is 2.90. The molecule has 0 spiro atoms. The third-order valence-corrected chi connectivity index (χ3v) is 4.38. The topological polar surface area (TPSA) is 77.8 Å². The Kier molecular flexibility index (Phi) is 10.8. The van der Waals surface area contributed by atoms with Crippen LogP contribution in [0.25, 0.3) is 0 Å². The molecule has 0 saturated carbocycles. The molecule has 2 N–H and O–H groups in total. The molecule has 0 heterocycles. The average molecular weight is 383 g/mol. The lowest BCUT2D eigenvalue weighted by molar-refractivity contribution is -0.170. The van der Waals surface area contributed by atoms with Gasteiger partial charge in [0.15, 0.2) is 0 Å². The van der Waals surface area contributed by atoms with Crippen molar-refractivity contribution in [2.75, 3.05) is 7.05 Å². The van der Waals surface area contributed by atoms with Crippen molar-refractivity contribution in [3.63, 3.8) is 0 Å². The summed E-state index contributed by atoms with van der Waals surface area (Å²) in [6.07, 6.45) is -4.18. The number of likely N-dealkylation sites (N-methyl/N-ethyl adjacent to an activating group) is 1. The number of hydrogen-bond donors (Lipinski definition) is 2. The number of aliphatic hydroxyl groups is 1. The Balaban J connectivity index is 5.25. The zero-order valence-corrected chi connectivity index (χ0v) is 16.1. The number of rotatable bonds is 12. The van der Waals surface area contributed by atoms with Crippen molar-refractivity contribution in [3.05, 3.63) is 0 Å². The maximum atomic E-state index is 12.9. The predicted octanol–water partition coefficient (Wildman–Crippen LogP) is 3.84. The van der Waals surface area contributed by atoms with Crippen molar-refractivity contribution in [1.82, 2.24) is 4.90 Å². The number of unbranched alkanes of at least 4 members (excludes halogenated alkanes) is 3. The zero-order chi connectivity index (χ0) is 20.5. The van der Waals surface area contributed by atoms with Crippen molar-refractivity contribution in [2.24, 2.45) is 11.8 Å². The molecule has 0 aromatic heterocycles. The minimum Gasteiger partial charge on any atom is -0.480 e. The van der Waals surface area contributed by atoms with E-state index in [1.807, 2.05) is 6.92 Å². The van der Waals surface area contributed by atoms with Crippen LogP contribution in [0.5, 0.6) is 0 Å². The Morgan fingerprint density at radius 3 is 2.12 bits per heavy atom. The standard InChI is InChI=1S/C18H32F3NO4/c1-5-6-7-8-9-15(23)13(11-18(19,20)21)16(24)22(4)14(17(25)26)10-12(2)3/h12-15,23H,5-11H2,1-4H3,(H,25,26). The minimum atomic E-state index is -4.62. The van der Waals surface area contributed by atoms with Gasteiger partial charge in [-0.1, -0.05) is 46.5 Å². The number of carbonyl (C=O) groups is 2. The molecular weight excluding hydrogens is 351 g/mol. The van der Waals surface area contributed by atoms with E-state index in [1.54, 1.807) is 13.8 Å². The number of aliphatic carboxylic acids is 1. The van der Waals surface area contributed by atoms with E-state index in [2.05, 4.69) is 0 Å². The van der Waals surface area contributed by atoms with Crippen LogP contribution in [0.1, 0.15) is 65.7 Å². The maximum absolute atomic E-state index is 12.9. The van der Waals surface area contributed by atoms with Gasteiger partial charge in [0.1, 0.15) is 6.04 Å².